The van der Waals surface area contributed by atoms with Crippen LogP contribution >= 0.6 is 11.6 Å². The Morgan fingerprint density at radius 2 is 2.04 bits per heavy atom. The maximum absolute atomic E-state index is 12.9. The first-order valence-electron chi connectivity index (χ1n) is 9.40. The van der Waals surface area contributed by atoms with Crippen molar-refractivity contribution in [1.82, 2.24) is 9.80 Å². The standard InChI is InChI=1S/C20H25ClN2O4/c1-13(24)23(12-19(25)26)16-6-3-8-22(9-7-16)20(27)18-11-17(18)14-4-2-5-15(21)10-14/h2,4-5,10,16-18H,3,6-9,11-12H2,1H3,(H,25,26). The molecule has 1 aliphatic heterocycles. The molecule has 3 atom stereocenters. The molecule has 0 bridgehead atoms. The lowest BCUT2D eigenvalue weighted by atomic mass is 10.1. The third-order valence-corrected chi connectivity index (χ3v) is 5.78. The first-order chi connectivity index (χ1) is 12.9. The molecule has 6 nitrogen and oxygen atoms in total. The number of hydrogen-bond acceptors (Lipinski definition) is 3. The highest BCUT2D eigenvalue weighted by Gasteiger charge is 2.46. The lowest BCUT2D eigenvalue weighted by Gasteiger charge is -2.29. The van der Waals surface area contributed by atoms with Crippen molar-refractivity contribution >= 4 is 29.4 Å². The summed E-state index contributed by atoms with van der Waals surface area (Å²) in [7, 11) is 0. The molecule has 2 amide bonds. The number of halogens is 1. The van der Waals surface area contributed by atoms with Gasteiger partial charge in [0.25, 0.3) is 0 Å². The van der Waals surface area contributed by atoms with Crippen molar-refractivity contribution < 1.29 is 19.5 Å². The van der Waals surface area contributed by atoms with Crippen LogP contribution in [0.15, 0.2) is 24.3 Å². The van der Waals surface area contributed by atoms with Crippen LogP contribution in [-0.4, -0.2) is 58.4 Å². The Bertz CT molecular complexity index is 738. The number of carbonyl (C=O) groups is 3. The van der Waals surface area contributed by atoms with Gasteiger partial charge in [-0.15, -0.1) is 0 Å². The third kappa shape index (κ3) is 4.80. The van der Waals surface area contributed by atoms with Crippen molar-refractivity contribution in [2.24, 2.45) is 5.92 Å². The lowest BCUT2D eigenvalue weighted by Crippen LogP contribution is -2.43. The predicted octanol–water partition coefficient (Wildman–Crippen LogP) is 2.76. The molecule has 1 heterocycles. The number of nitrogens with zero attached hydrogens (tertiary/aromatic N) is 2. The van der Waals surface area contributed by atoms with Gasteiger partial charge in [0.1, 0.15) is 6.54 Å². The Hall–Kier alpha value is -2.08. The van der Waals surface area contributed by atoms with Crippen LogP contribution in [0.3, 0.4) is 0 Å². The van der Waals surface area contributed by atoms with Crippen molar-refractivity contribution in [3.63, 3.8) is 0 Å². The van der Waals surface area contributed by atoms with Crippen molar-refractivity contribution in [2.75, 3.05) is 19.6 Å². The van der Waals surface area contributed by atoms with E-state index in [0.29, 0.717) is 24.5 Å². The van der Waals surface area contributed by atoms with Crippen LogP contribution in [0.2, 0.25) is 5.02 Å². The van der Waals surface area contributed by atoms with Gasteiger partial charge >= 0.3 is 5.97 Å². The second kappa shape index (κ2) is 8.30. The molecule has 1 saturated carbocycles. The predicted molar refractivity (Wildman–Crippen MR) is 102 cm³/mol. The molecule has 1 saturated heterocycles. The van der Waals surface area contributed by atoms with Crippen LogP contribution in [0.25, 0.3) is 0 Å². The molecule has 3 rings (SSSR count). The third-order valence-electron chi connectivity index (χ3n) is 5.54. The highest BCUT2D eigenvalue weighted by molar-refractivity contribution is 6.30. The maximum atomic E-state index is 12.9. The van der Waals surface area contributed by atoms with Gasteiger partial charge in [0.15, 0.2) is 0 Å². The van der Waals surface area contributed by atoms with Gasteiger partial charge in [-0.05, 0) is 49.3 Å². The summed E-state index contributed by atoms with van der Waals surface area (Å²) < 4.78 is 0. The van der Waals surface area contributed by atoms with E-state index in [1.807, 2.05) is 29.2 Å². The van der Waals surface area contributed by atoms with E-state index in [-0.39, 0.29) is 36.2 Å². The molecule has 1 aromatic carbocycles. The van der Waals surface area contributed by atoms with E-state index in [4.69, 9.17) is 16.7 Å². The number of hydrogen-bond donors (Lipinski definition) is 1. The van der Waals surface area contributed by atoms with Crippen LogP contribution < -0.4 is 0 Å². The van der Waals surface area contributed by atoms with Gasteiger partial charge in [-0.3, -0.25) is 14.4 Å². The minimum atomic E-state index is -1.01. The molecule has 3 unspecified atom stereocenters. The number of likely N-dealkylation sites (tertiary alicyclic amines) is 1. The van der Waals surface area contributed by atoms with E-state index in [9.17, 15) is 14.4 Å². The summed E-state index contributed by atoms with van der Waals surface area (Å²) in [6.45, 7) is 2.34. The Morgan fingerprint density at radius 1 is 1.26 bits per heavy atom. The van der Waals surface area contributed by atoms with Gasteiger partial charge in [-0.2, -0.15) is 0 Å². The van der Waals surface area contributed by atoms with E-state index in [0.717, 1.165) is 24.8 Å². The quantitative estimate of drug-likeness (QED) is 0.835. The topological polar surface area (TPSA) is 77.9 Å². The Labute approximate surface area is 164 Å². The van der Waals surface area contributed by atoms with Crippen LogP contribution in [0.4, 0.5) is 0 Å². The zero-order chi connectivity index (χ0) is 19.6. The van der Waals surface area contributed by atoms with Crippen molar-refractivity contribution in [3.8, 4) is 0 Å². The fourth-order valence-corrected chi connectivity index (χ4v) is 4.26. The summed E-state index contributed by atoms with van der Waals surface area (Å²) in [4.78, 5) is 39.1. The minimum Gasteiger partial charge on any atom is -0.480 e. The number of carbonyl (C=O) groups excluding carboxylic acids is 2. The second-order valence-electron chi connectivity index (χ2n) is 7.45. The first-order valence-corrected chi connectivity index (χ1v) is 9.78. The number of rotatable bonds is 5. The average molecular weight is 393 g/mol. The van der Waals surface area contributed by atoms with E-state index in [1.54, 1.807) is 0 Å². The number of carboxylic acid groups (broad SMARTS) is 1. The summed E-state index contributed by atoms with van der Waals surface area (Å²) in [5.74, 6) is -0.845. The van der Waals surface area contributed by atoms with E-state index >= 15 is 0 Å². The average Bonchev–Trinajstić information content (AvgIpc) is 3.42. The summed E-state index contributed by atoms with van der Waals surface area (Å²) in [5, 5.41) is 9.73. The Morgan fingerprint density at radius 3 is 2.70 bits per heavy atom. The SMILES string of the molecule is CC(=O)N(CC(=O)O)C1CCCN(C(=O)C2CC2c2cccc(Cl)c2)CC1. The summed E-state index contributed by atoms with van der Waals surface area (Å²) in [5.41, 5.74) is 1.11. The molecule has 1 aliphatic carbocycles. The maximum Gasteiger partial charge on any atom is 0.323 e. The fraction of sp³-hybridized carbons (Fsp3) is 0.550. The molecule has 146 valence electrons. The van der Waals surface area contributed by atoms with Gasteiger partial charge in [0.2, 0.25) is 11.8 Å². The van der Waals surface area contributed by atoms with Crippen molar-refractivity contribution in [1.29, 1.82) is 0 Å². The van der Waals surface area contributed by atoms with Crippen molar-refractivity contribution in [3.05, 3.63) is 34.9 Å². The molecule has 7 heteroatoms. The number of benzene rings is 1. The van der Waals surface area contributed by atoms with E-state index in [2.05, 4.69) is 0 Å². The van der Waals surface area contributed by atoms with Crippen LogP contribution in [0.1, 0.15) is 44.1 Å². The summed E-state index contributed by atoms with van der Waals surface area (Å²) in [6.07, 6.45) is 2.96. The van der Waals surface area contributed by atoms with Gasteiger partial charge < -0.3 is 14.9 Å². The van der Waals surface area contributed by atoms with Crippen molar-refractivity contribution in [2.45, 2.75) is 44.6 Å². The molecule has 0 radical (unpaired) electrons. The van der Waals surface area contributed by atoms with Crippen LogP contribution in [0, 0.1) is 5.92 Å². The number of amides is 2. The number of carboxylic acids is 1. The molecule has 2 aliphatic rings. The smallest absolute Gasteiger partial charge is 0.323 e. The second-order valence-corrected chi connectivity index (χ2v) is 7.89. The van der Waals surface area contributed by atoms with Gasteiger partial charge in [0.05, 0.1) is 0 Å². The zero-order valence-corrected chi connectivity index (χ0v) is 16.2. The molecule has 1 aromatic rings. The molecular formula is C20H25ClN2O4. The van der Waals surface area contributed by atoms with Gasteiger partial charge in [0, 0.05) is 37.0 Å². The molecule has 27 heavy (non-hydrogen) atoms. The molecule has 2 fully saturated rings. The minimum absolute atomic E-state index is 0.00273. The van der Waals surface area contributed by atoms with Gasteiger partial charge in [-0.25, -0.2) is 0 Å². The van der Waals surface area contributed by atoms with Crippen LogP contribution in [-0.2, 0) is 14.4 Å². The monoisotopic (exact) mass is 392 g/mol. The van der Waals surface area contributed by atoms with Gasteiger partial charge in [-0.1, -0.05) is 23.7 Å². The first kappa shape index (κ1) is 19.7. The van der Waals surface area contributed by atoms with E-state index < -0.39 is 5.97 Å². The Balaban J connectivity index is 1.59. The fourth-order valence-electron chi connectivity index (χ4n) is 4.06. The largest absolute Gasteiger partial charge is 0.480 e. The number of aliphatic carboxylic acids is 1. The highest BCUT2D eigenvalue weighted by atomic mass is 35.5. The van der Waals surface area contributed by atoms with E-state index in [1.165, 1.54) is 11.8 Å². The van der Waals surface area contributed by atoms with Crippen LogP contribution in [0.5, 0.6) is 0 Å². The normalized spacial score (nSPS) is 24.8. The highest BCUT2D eigenvalue weighted by Crippen LogP contribution is 2.49. The molecule has 0 spiro atoms. The summed E-state index contributed by atoms with van der Waals surface area (Å²) >= 11 is 6.05. The molecule has 1 N–H and O–H groups in total. The lowest BCUT2D eigenvalue weighted by molar-refractivity contribution is -0.145. The Kier molecular flexibility index (Phi) is 6.05. The summed E-state index contributed by atoms with van der Waals surface area (Å²) in [6, 6.07) is 7.55. The zero-order valence-electron chi connectivity index (χ0n) is 15.4. The molecule has 0 aromatic heterocycles. The molecular weight excluding hydrogens is 368 g/mol.